The highest BCUT2D eigenvalue weighted by Crippen LogP contribution is 2.24. The average molecular weight is 256 g/mol. The molecule has 5 heteroatoms. The van der Waals surface area contributed by atoms with Gasteiger partial charge in [-0.3, -0.25) is 4.79 Å². The molecule has 2 N–H and O–H groups in total. The molecule has 2 unspecified atom stereocenters. The molecular weight excluding hydrogens is 232 g/mol. The first-order valence-electron chi connectivity index (χ1n) is 6.82. The van der Waals surface area contributed by atoms with Gasteiger partial charge in [0.2, 0.25) is 5.91 Å². The summed E-state index contributed by atoms with van der Waals surface area (Å²) >= 11 is 0. The van der Waals surface area contributed by atoms with Crippen LogP contribution in [0.1, 0.15) is 33.1 Å². The van der Waals surface area contributed by atoms with Crippen LogP contribution < -0.4 is 5.32 Å². The Hall–Kier alpha value is -0.650. The Morgan fingerprint density at radius 3 is 2.94 bits per heavy atom. The molecule has 0 radical (unpaired) electrons. The van der Waals surface area contributed by atoms with E-state index in [4.69, 9.17) is 9.84 Å². The van der Waals surface area contributed by atoms with Gasteiger partial charge in [0.25, 0.3) is 0 Å². The molecule has 2 aliphatic rings. The average Bonchev–Trinajstić information content (AvgIpc) is 2.81. The lowest BCUT2D eigenvalue weighted by atomic mass is 9.95. The summed E-state index contributed by atoms with van der Waals surface area (Å²) in [4.78, 5) is 14.3. The van der Waals surface area contributed by atoms with E-state index in [0.717, 1.165) is 26.0 Å². The van der Waals surface area contributed by atoms with Crippen molar-refractivity contribution >= 4 is 5.91 Å². The van der Waals surface area contributed by atoms with E-state index >= 15 is 0 Å². The van der Waals surface area contributed by atoms with Crippen molar-refractivity contribution in [2.75, 3.05) is 26.3 Å². The molecule has 0 aromatic rings. The molecule has 0 aromatic carbocycles. The molecule has 0 aromatic heterocycles. The molecule has 0 spiro atoms. The lowest BCUT2D eigenvalue weighted by Crippen LogP contribution is -2.66. The highest BCUT2D eigenvalue weighted by molar-refractivity contribution is 5.83. The first-order chi connectivity index (χ1) is 8.54. The van der Waals surface area contributed by atoms with Gasteiger partial charge in [0.1, 0.15) is 0 Å². The maximum absolute atomic E-state index is 12.4. The Morgan fingerprint density at radius 2 is 2.33 bits per heavy atom. The lowest BCUT2D eigenvalue weighted by Gasteiger charge is -2.46. The smallest absolute Gasteiger partial charge is 0.240 e. The molecule has 2 rings (SSSR count). The van der Waals surface area contributed by atoms with Gasteiger partial charge in [-0.2, -0.15) is 0 Å². The molecule has 5 nitrogen and oxygen atoms in total. The Balaban J connectivity index is 2.03. The minimum atomic E-state index is -0.246. The fourth-order valence-corrected chi connectivity index (χ4v) is 2.73. The third kappa shape index (κ3) is 2.84. The fraction of sp³-hybridized carbons (Fsp3) is 0.923. The van der Waals surface area contributed by atoms with Crippen LogP contribution in [0.15, 0.2) is 0 Å². The molecule has 2 saturated heterocycles. The van der Waals surface area contributed by atoms with Crippen molar-refractivity contribution in [2.45, 2.75) is 50.8 Å². The zero-order valence-corrected chi connectivity index (χ0v) is 11.3. The fourth-order valence-electron chi connectivity index (χ4n) is 2.73. The summed E-state index contributed by atoms with van der Waals surface area (Å²) in [6.45, 7) is 6.43. The van der Waals surface area contributed by atoms with Crippen LogP contribution in [0.3, 0.4) is 0 Å². The Labute approximate surface area is 108 Å². The molecule has 2 aliphatic heterocycles. The number of hydrogen-bond donors (Lipinski definition) is 2. The van der Waals surface area contributed by atoms with Gasteiger partial charge in [-0.1, -0.05) is 0 Å². The number of ether oxygens (including phenoxy) is 1. The van der Waals surface area contributed by atoms with E-state index in [9.17, 15) is 4.79 Å². The van der Waals surface area contributed by atoms with Crippen molar-refractivity contribution in [2.24, 2.45) is 0 Å². The van der Waals surface area contributed by atoms with Crippen molar-refractivity contribution in [3.05, 3.63) is 0 Å². The minimum absolute atomic E-state index is 0.0393. The summed E-state index contributed by atoms with van der Waals surface area (Å²) in [5.41, 5.74) is -0.186. The van der Waals surface area contributed by atoms with Crippen molar-refractivity contribution < 1.29 is 14.6 Å². The normalized spacial score (nSPS) is 31.9. The van der Waals surface area contributed by atoms with E-state index < -0.39 is 0 Å². The quantitative estimate of drug-likeness (QED) is 0.750. The number of carbonyl (C=O) groups excluding carboxylic acids is 1. The third-order valence-corrected chi connectivity index (χ3v) is 3.90. The summed E-state index contributed by atoms with van der Waals surface area (Å²) in [6, 6.07) is -0.246. The molecule has 0 saturated carbocycles. The SMILES string of the molecule is CC1(C)CNC(CCO)C(=O)N1CC1CCCO1. The van der Waals surface area contributed by atoms with Crippen LogP contribution in [0.25, 0.3) is 0 Å². The van der Waals surface area contributed by atoms with E-state index in [-0.39, 0.29) is 30.2 Å². The standard InChI is InChI=1S/C13H24N2O3/c1-13(2)9-14-11(5-6-16)12(17)15(13)8-10-4-3-7-18-10/h10-11,14,16H,3-9H2,1-2H3. The van der Waals surface area contributed by atoms with Crippen LogP contribution in [-0.2, 0) is 9.53 Å². The molecule has 18 heavy (non-hydrogen) atoms. The zero-order chi connectivity index (χ0) is 13.2. The number of rotatable bonds is 4. The van der Waals surface area contributed by atoms with Gasteiger partial charge in [0.05, 0.1) is 12.1 Å². The number of amides is 1. The van der Waals surface area contributed by atoms with Crippen LogP contribution in [0.4, 0.5) is 0 Å². The van der Waals surface area contributed by atoms with Crippen LogP contribution in [0.5, 0.6) is 0 Å². The number of aliphatic hydroxyl groups is 1. The molecule has 2 atom stereocenters. The Morgan fingerprint density at radius 1 is 1.56 bits per heavy atom. The molecule has 2 fully saturated rings. The first-order valence-corrected chi connectivity index (χ1v) is 6.82. The van der Waals surface area contributed by atoms with E-state index in [1.54, 1.807) is 0 Å². The van der Waals surface area contributed by atoms with Crippen molar-refractivity contribution in [1.29, 1.82) is 0 Å². The van der Waals surface area contributed by atoms with Crippen molar-refractivity contribution in [1.82, 2.24) is 10.2 Å². The van der Waals surface area contributed by atoms with E-state index in [0.29, 0.717) is 13.0 Å². The number of hydrogen-bond acceptors (Lipinski definition) is 4. The Bertz CT molecular complexity index is 301. The molecule has 2 heterocycles. The second-order valence-corrected chi connectivity index (χ2v) is 5.84. The zero-order valence-electron chi connectivity index (χ0n) is 11.3. The van der Waals surface area contributed by atoms with E-state index in [1.807, 2.05) is 4.90 Å². The predicted molar refractivity (Wildman–Crippen MR) is 68.3 cm³/mol. The van der Waals surface area contributed by atoms with Gasteiger partial charge >= 0.3 is 0 Å². The number of piperazine rings is 1. The third-order valence-electron chi connectivity index (χ3n) is 3.90. The van der Waals surface area contributed by atoms with Gasteiger partial charge in [-0.15, -0.1) is 0 Å². The molecular formula is C13H24N2O3. The second-order valence-electron chi connectivity index (χ2n) is 5.84. The highest BCUT2D eigenvalue weighted by atomic mass is 16.5. The summed E-state index contributed by atoms with van der Waals surface area (Å²) in [7, 11) is 0. The van der Waals surface area contributed by atoms with Gasteiger partial charge in [-0.05, 0) is 33.1 Å². The van der Waals surface area contributed by atoms with E-state index in [1.165, 1.54) is 0 Å². The van der Waals surface area contributed by atoms with Crippen LogP contribution in [0, 0.1) is 0 Å². The van der Waals surface area contributed by atoms with Gasteiger partial charge in [-0.25, -0.2) is 0 Å². The highest BCUT2D eigenvalue weighted by Gasteiger charge is 2.40. The van der Waals surface area contributed by atoms with Crippen LogP contribution in [0.2, 0.25) is 0 Å². The maximum atomic E-state index is 12.4. The van der Waals surface area contributed by atoms with Gasteiger partial charge in [0.15, 0.2) is 0 Å². The predicted octanol–water partition coefficient (Wildman–Crippen LogP) is 0.127. The number of aliphatic hydroxyl groups excluding tert-OH is 1. The molecule has 104 valence electrons. The summed E-state index contributed by atoms with van der Waals surface area (Å²) in [6.07, 6.45) is 2.79. The second kappa shape index (κ2) is 5.55. The monoisotopic (exact) mass is 256 g/mol. The minimum Gasteiger partial charge on any atom is -0.396 e. The van der Waals surface area contributed by atoms with Crippen LogP contribution in [-0.4, -0.2) is 59.9 Å². The van der Waals surface area contributed by atoms with E-state index in [2.05, 4.69) is 19.2 Å². The maximum Gasteiger partial charge on any atom is 0.240 e. The molecule has 1 amide bonds. The van der Waals surface area contributed by atoms with Gasteiger partial charge < -0.3 is 20.1 Å². The summed E-state index contributed by atoms with van der Waals surface area (Å²) in [5, 5.41) is 12.2. The van der Waals surface area contributed by atoms with Crippen molar-refractivity contribution in [3.8, 4) is 0 Å². The largest absolute Gasteiger partial charge is 0.396 e. The summed E-state index contributed by atoms with van der Waals surface area (Å²) in [5.74, 6) is 0.0933. The topological polar surface area (TPSA) is 61.8 Å². The number of nitrogens with zero attached hydrogens (tertiary/aromatic N) is 1. The first kappa shape index (κ1) is 13.8. The Kier molecular flexibility index (Phi) is 4.25. The van der Waals surface area contributed by atoms with Gasteiger partial charge in [0, 0.05) is 31.8 Å². The van der Waals surface area contributed by atoms with Crippen molar-refractivity contribution in [3.63, 3.8) is 0 Å². The number of carbonyl (C=O) groups is 1. The molecule has 0 aliphatic carbocycles. The molecule has 0 bridgehead atoms. The lowest BCUT2D eigenvalue weighted by molar-refractivity contribution is -0.145. The van der Waals surface area contributed by atoms with Crippen LogP contribution >= 0.6 is 0 Å². The number of nitrogens with one attached hydrogen (secondary N) is 1. The summed E-state index contributed by atoms with van der Waals surface area (Å²) < 4.78 is 5.63.